The van der Waals surface area contributed by atoms with Gasteiger partial charge in [0.15, 0.2) is 0 Å². The van der Waals surface area contributed by atoms with E-state index < -0.39 is 32.3 Å². The molecule has 2 unspecified atom stereocenters. The van der Waals surface area contributed by atoms with E-state index in [0.717, 1.165) is 21.0 Å². The second-order valence-electron chi connectivity index (χ2n) is 8.48. The van der Waals surface area contributed by atoms with Crippen molar-refractivity contribution in [2.45, 2.75) is 29.3 Å². The molecule has 4 aromatic rings. The monoisotopic (exact) mass is 541 g/mol. The number of H-pyrrole nitrogens is 1. The van der Waals surface area contributed by atoms with Gasteiger partial charge in [0.2, 0.25) is 10.0 Å². The Morgan fingerprint density at radius 2 is 1.67 bits per heavy atom. The Kier molecular flexibility index (Phi) is 6.29. The fraction of sp³-hybridized carbons (Fsp3) is 0.160. The number of halogens is 1. The highest BCUT2D eigenvalue weighted by Gasteiger charge is 2.68. The van der Waals surface area contributed by atoms with Crippen molar-refractivity contribution in [1.29, 1.82) is 0 Å². The molecule has 1 heterocycles. The Bertz CT molecular complexity index is 1570. The van der Waals surface area contributed by atoms with Crippen LogP contribution in [-0.2, 0) is 21.4 Å². The van der Waals surface area contributed by atoms with Crippen molar-refractivity contribution < 1.29 is 18.3 Å². The second kappa shape index (κ2) is 9.29. The molecule has 36 heavy (non-hydrogen) atoms. The van der Waals surface area contributed by atoms with Crippen LogP contribution in [0.25, 0.3) is 11.1 Å². The molecule has 3 aromatic carbocycles. The minimum atomic E-state index is -4.30. The quantitative estimate of drug-likeness (QED) is 0.342. The van der Waals surface area contributed by atoms with Gasteiger partial charge in [0, 0.05) is 22.5 Å². The van der Waals surface area contributed by atoms with E-state index in [-0.39, 0.29) is 23.7 Å². The first-order valence-corrected chi connectivity index (χ1v) is 13.5. The minimum Gasteiger partial charge on any atom is -0.480 e. The maximum atomic E-state index is 13.9. The number of aromatic amines is 1. The number of aromatic nitrogens is 2. The maximum Gasteiger partial charge on any atom is 0.325 e. The van der Waals surface area contributed by atoms with Gasteiger partial charge in [-0.25, -0.2) is 8.42 Å². The summed E-state index contributed by atoms with van der Waals surface area (Å²) in [5, 5.41) is 10.9. The Morgan fingerprint density at radius 1 is 1.06 bits per heavy atom. The van der Waals surface area contributed by atoms with Crippen LogP contribution in [0.15, 0.2) is 88.6 Å². The number of nitrogens with one attached hydrogen (secondary N) is 1. The molecular formula is C25H20ClN3O5S2. The summed E-state index contributed by atoms with van der Waals surface area (Å²) >= 11 is 6.61. The number of hydrogen-bond donors (Lipinski definition) is 2. The lowest BCUT2D eigenvalue weighted by atomic mass is 10.1. The highest BCUT2D eigenvalue weighted by Crippen LogP contribution is 2.57. The first-order valence-electron chi connectivity index (χ1n) is 10.9. The summed E-state index contributed by atoms with van der Waals surface area (Å²) < 4.78 is 32.8. The first kappa shape index (κ1) is 24.4. The van der Waals surface area contributed by atoms with Crippen LogP contribution in [-0.4, -0.2) is 38.7 Å². The van der Waals surface area contributed by atoms with Crippen LogP contribution in [0.2, 0.25) is 5.02 Å². The number of carboxylic acid groups (broad SMARTS) is 1. The minimum absolute atomic E-state index is 0.0582. The van der Waals surface area contributed by atoms with Crippen LogP contribution in [0.4, 0.5) is 0 Å². The highest BCUT2D eigenvalue weighted by atomic mass is 35.5. The third kappa shape index (κ3) is 4.37. The molecule has 0 radical (unpaired) electrons. The van der Waals surface area contributed by atoms with E-state index in [1.807, 2.05) is 18.2 Å². The van der Waals surface area contributed by atoms with E-state index >= 15 is 0 Å². The van der Waals surface area contributed by atoms with Crippen LogP contribution in [0, 0.1) is 0 Å². The Balaban J connectivity index is 1.56. The molecule has 1 aromatic heterocycles. The third-order valence-electron chi connectivity index (χ3n) is 6.35. The third-order valence-corrected chi connectivity index (χ3v) is 9.08. The van der Waals surface area contributed by atoms with E-state index in [0.29, 0.717) is 16.6 Å². The Hall–Kier alpha value is -3.31. The normalized spacial score (nSPS) is 19.3. The van der Waals surface area contributed by atoms with Crippen LogP contribution in [0.3, 0.4) is 0 Å². The number of aliphatic carboxylic acids is 1. The molecule has 0 saturated heterocycles. The van der Waals surface area contributed by atoms with Crippen LogP contribution >= 0.6 is 23.1 Å². The summed E-state index contributed by atoms with van der Waals surface area (Å²) in [6.07, 6.45) is 0.100. The topological polar surface area (TPSA) is 120 Å². The van der Waals surface area contributed by atoms with E-state index in [9.17, 15) is 23.1 Å². The van der Waals surface area contributed by atoms with Crippen molar-refractivity contribution in [3.8, 4) is 11.1 Å². The summed E-state index contributed by atoms with van der Waals surface area (Å²) in [4.78, 5) is 26.3. The number of benzene rings is 3. The predicted octanol–water partition coefficient (Wildman–Crippen LogP) is 4.35. The summed E-state index contributed by atoms with van der Waals surface area (Å²) in [5.41, 5.74) is 0.649. The Labute approximate surface area is 216 Å². The standard InChI is InChI=1S/C25H20ClN3O5S2/c26-19-10-6-16(7-11-19)17-8-12-20(13-9-17)36(33,34)29(15-22-27-24(32)35-28-22)25(23(30)31)14-21(25)18-4-2-1-3-5-18/h1-13,21H,14-15H2,(H,30,31)(H,27,28,32). The van der Waals surface area contributed by atoms with Crippen LogP contribution in [0.1, 0.15) is 23.7 Å². The molecule has 1 aliphatic carbocycles. The van der Waals surface area contributed by atoms with Crippen molar-refractivity contribution >= 4 is 39.1 Å². The molecule has 5 rings (SSSR count). The van der Waals surface area contributed by atoms with Gasteiger partial charge in [-0.3, -0.25) is 14.6 Å². The van der Waals surface area contributed by atoms with Crippen molar-refractivity contribution in [2.24, 2.45) is 0 Å². The molecule has 2 atom stereocenters. The summed E-state index contributed by atoms with van der Waals surface area (Å²) in [5.74, 6) is -1.72. The van der Waals surface area contributed by atoms with Gasteiger partial charge < -0.3 is 5.11 Å². The molecule has 184 valence electrons. The molecule has 1 fully saturated rings. The average molecular weight is 542 g/mol. The lowest BCUT2D eigenvalue weighted by Gasteiger charge is -2.29. The van der Waals surface area contributed by atoms with Gasteiger partial charge in [0.1, 0.15) is 11.4 Å². The SMILES string of the molecule is O=C(O)C1(N(Cc2nsc(=O)[nH]2)S(=O)(=O)c2ccc(-c3ccc(Cl)cc3)cc2)CC1c1ccccc1. The van der Waals surface area contributed by atoms with Crippen LogP contribution in [0.5, 0.6) is 0 Å². The van der Waals surface area contributed by atoms with Gasteiger partial charge in [-0.1, -0.05) is 66.2 Å². The lowest BCUT2D eigenvalue weighted by Crippen LogP contribution is -2.48. The van der Waals surface area contributed by atoms with Crippen molar-refractivity contribution in [3.63, 3.8) is 0 Å². The average Bonchev–Trinajstić information content (AvgIpc) is 3.50. The molecule has 2 N–H and O–H groups in total. The summed E-state index contributed by atoms with van der Waals surface area (Å²) in [7, 11) is -4.30. The zero-order chi connectivity index (χ0) is 25.5. The number of carboxylic acids is 1. The number of carbonyl (C=O) groups is 1. The second-order valence-corrected chi connectivity index (χ2v) is 11.5. The van der Waals surface area contributed by atoms with Gasteiger partial charge in [-0.15, -0.1) is 0 Å². The molecule has 0 bridgehead atoms. The van der Waals surface area contributed by atoms with Crippen molar-refractivity contribution in [2.75, 3.05) is 0 Å². The molecule has 1 saturated carbocycles. The zero-order valence-electron chi connectivity index (χ0n) is 18.7. The molecule has 1 aliphatic rings. The summed E-state index contributed by atoms with van der Waals surface area (Å²) in [6, 6.07) is 22.3. The summed E-state index contributed by atoms with van der Waals surface area (Å²) in [6.45, 7) is -0.379. The smallest absolute Gasteiger partial charge is 0.325 e. The largest absolute Gasteiger partial charge is 0.480 e. The number of nitrogens with zero attached hydrogens (tertiary/aromatic N) is 2. The number of hydrogen-bond acceptors (Lipinski definition) is 6. The number of rotatable bonds is 8. The molecule has 0 spiro atoms. The van der Waals surface area contributed by atoms with E-state index in [2.05, 4.69) is 9.36 Å². The fourth-order valence-corrected chi connectivity index (χ4v) is 6.77. The van der Waals surface area contributed by atoms with E-state index in [4.69, 9.17) is 11.6 Å². The fourth-order valence-electron chi connectivity index (χ4n) is 4.44. The molecule has 0 amide bonds. The maximum absolute atomic E-state index is 13.9. The van der Waals surface area contributed by atoms with Gasteiger partial charge in [-0.05, 0) is 47.4 Å². The van der Waals surface area contributed by atoms with Crippen molar-refractivity contribution in [3.05, 3.63) is 105 Å². The predicted molar refractivity (Wildman–Crippen MR) is 137 cm³/mol. The number of sulfonamides is 1. The van der Waals surface area contributed by atoms with Gasteiger partial charge in [-0.2, -0.15) is 8.68 Å². The van der Waals surface area contributed by atoms with Gasteiger partial charge in [0.05, 0.1) is 11.4 Å². The van der Waals surface area contributed by atoms with Crippen LogP contribution < -0.4 is 4.87 Å². The van der Waals surface area contributed by atoms with Gasteiger partial charge in [0.25, 0.3) is 0 Å². The molecule has 8 nitrogen and oxygen atoms in total. The Morgan fingerprint density at radius 3 is 2.22 bits per heavy atom. The molecule has 0 aliphatic heterocycles. The van der Waals surface area contributed by atoms with E-state index in [1.54, 1.807) is 48.5 Å². The molecule has 11 heteroatoms. The first-order chi connectivity index (χ1) is 17.2. The lowest BCUT2D eigenvalue weighted by molar-refractivity contribution is -0.143. The van der Waals surface area contributed by atoms with E-state index in [1.165, 1.54) is 12.1 Å². The zero-order valence-corrected chi connectivity index (χ0v) is 21.1. The van der Waals surface area contributed by atoms with Gasteiger partial charge >= 0.3 is 10.8 Å². The molecular weight excluding hydrogens is 522 g/mol. The highest BCUT2D eigenvalue weighted by molar-refractivity contribution is 7.89. The van der Waals surface area contributed by atoms with Crippen molar-refractivity contribution in [1.82, 2.24) is 13.7 Å².